The van der Waals surface area contributed by atoms with Gasteiger partial charge in [0.05, 0.1) is 5.41 Å². The van der Waals surface area contributed by atoms with Gasteiger partial charge in [0, 0.05) is 0 Å². The summed E-state index contributed by atoms with van der Waals surface area (Å²) in [6.45, 7) is 3.81. The monoisotopic (exact) mass is 217 g/mol. The van der Waals surface area contributed by atoms with Gasteiger partial charge in [-0.05, 0) is 43.9 Å². The first-order chi connectivity index (χ1) is 6.71. The van der Waals surface area contributed by atoms with E-state index in [-0.39, 0.29) is 0 Å². The zero-order valence-electron chi connectivity index (χ0n) is 8.71. The van der Waals surface area contributed by atoms with Gasteiger partial charge >= 0.3 is 5.97 Å². The van der Waals surface area contributed by atoms with Crippen molar-refractivity contribution < 1.29 is 9.90 Å². The normalized spacial score (nSPS) is 20.6. The Morgan fingerprint density at radius 3 is 2.64 bits per heavy atom. The van der Waals surface area contributed by atoms with E-state index in [2.05, 4.69) is 12.2 Å². The molecule has 0 bridgehead atoms. The van der Waals surface area contributed by atoms with E-state index in [1.165, 1.54) is 0 Å². The maximum Gasteiger partial charge on any atom is 0.309 e. The van der Waals surface area contributed by atoms with Crippen molar-refractivity contribution in [2.45, 2.75) is 26.2 Å². The lowest BCUT2D eigenvalue weighted by Crippen LogP contribution is -2.42. The van der Waals surface area contributed by atoms with Gasteiger partial charge < -0.3 is 10.4 Å². The van der Waals surface area contributed by atoms with Crippen LogP contribution in [0.25, 0.3) is 0 Å². The van der Waals surface area contributed by atoms with Crippen LogP contribution >= 0.6 is 11.8 Å². The summed E-state index contributed by atoms with van der Waals surface area (Å²) >= 11 is 1.83. The molecule has 0 unspecified atom stereocenters. The number of carboxylic acid groups (broad SMARTS) is 1. The van der Waals surface area contributed by atoms with E-state index in [4.69, 9.17) is 0 Å². The second kappa shape index (κ2) is 5.61. The molecule has 1 heterocycles. The van der Waals surface area contributed by atoms with Crippen molar-refractivity contribution in [2.24, 2.45) is 5.41 Å². The first-order valence-electron chi connectivity index (χ1n) is 5.23. The molecule has 0 saturated carbocycles. The molecule has 0 spiro atoms. The zero-order valence-corrected chi connectivity index (χ0v) is 9.53. The first-order valence-corrected chi connectivity index (χ1v) is 6.38. The Morgan fingerprint density at radius 1 is 1.50 bits per heavy atom. The van der Waals surface area contributed by atoms with Gasteiger partial charge in [-0.1, -0.05) is 6.92 Å². The number of carbonyl (C=O) groups is 1. The van der Waals surface area contributed by atoms with Crippen LogP contribution in [0.5, 0.6) is 0 Å². The topological polar surface area (TPSA) is 49.3 Å². The van der Waals surface area contributed by atoms with Crippen LogP contribution in [-0.2, 0) is 4.79 Å². The van der Waals surface area contributed by atoms with E-state index in [0.717, 1.165) is 43.9 Å². The van der Waals surface area contributed by atoms with Crippen LogP contribution in [0.4, 0.5) is 0 Å². The minimum atomic E-state index is -0.601. The summed E-state index contributed by atoms with van der Waals surface area (Å²) in [5.74, 6) is 1.45. The molecular formula is C10H19NO2S. The maximum atomic E-state index is 11.2. The Bertz CT molecular complexity index is 191. The van der Waals surface area contributed by atoms with Gasteiger partial charge in [0.15, 0.2) is 0 Å². The number of carboxylic acids is 1. The van der Waals surface area contributed by atoms with Gasteiger partial charge in [0.2, 0.25) is 0 Å². The molecule has 0 aromatic rings. The van der Waals surface area contributed by atoms with E-state index < -0.39 is 11.4 Å². The molecule has 2 N–H and O–H groups in total. The Balaban J connectivity index is 2.47. The van der Waals surface area contributed by atoms with E-state index in [1.807, 2.05) is 11.8 Å². The first kappa shape index (κ1) is 11.9. The number of hydrogen-bond donors (Lipinski definition) is 2. The summed E-state index contributed by atoms with van der Waals surface area (Å²) in [6.07, 6.45) is 2.39. The van der Waals surface area contributed by atoms with Gasteiger partial charge in [-0.15, -0.1) is 0 Å². The van der Waals surface area contributed by atoms with Gasteiger partial charge in [-0.25, -0.2) is 0 Å². The van der Waals surface area contributed by atoms with E-state index in [1.54, 1.807) is 0 Å². The Hall–Kier alpha value is -0.220. The molecule has 82 valence electrons. The number of nitrogens with one attached hydrogen (secondary N) is 1. The van der Waals surface area contributed by atoms with E-state index in [9.17, 15) is 9.90 Å². The summed E-state index contributed by atoms with van der Waals surface area (Å²) in [6, 6.07) is 0. The zero-order chi connectivity index (χ0) is 10.4. The van der Waals surface area contributed by atoms with E-state index in [0.29, 0.717) is 0 Å². The van der Waals surface area contributed by atoms with Gasteiger partial charge in [0.25, 0.3) is 0 Å². The lowest BCUT2D eigenvalue weighted by molar-refractivity contribution is -0.150. The van der Waals surface area contributed by atoms with E-state index >= 15 is 0 Å². The molecule has 0 radical (unpaired) electrons. The molecule has 14 heavy (non-hydrogen) atoms. The minimum Gasteiger partial charge on any atom is -0.481 e. The Morgan fingerprint density at radius 2 is 2.14 bits per heavy atom. The molecule has 1 saturated heterocycles. The van der Waals surface area contributed by atoms with Crippen molar-refractivity contribution in [1.82, 2.24) is 5.32 Å². The molecule has 0 aliphatic carbocycles. The summed E-state index contributed by atoms with van der Waals surface area (Å²) in [7, 11) is 0. The van der Waals surface area contributed by atoms with Crippen LogP contribution in [0, 0.1) is 5.41 Å². The fourth-order valence-electron chi connectivity index (χ4n) is 1.89. The van der Waals surface area contributed by atoms with Crippen LogP contribution < -0.4 is 5.32 Å². The molecule has 0 aromatic carbocycles. The predicted molar refractivity (Wildman–Crippen MR) is 59.8 cm³/mol. The average Bonchev–Trinajstić information content (AvgIpc) is 2.19. The van der Waals surface area contributed by atoms with Crippen LogP contribution in [0.3, 0.4) is 0 Å². The molecule has 0 amide bonds. The predicted octanol–water partition coefficient (Wildman–Crippen LogP) is 1.58. The van der Waals surface area contributed by atoms with Crippen LogP contribution in [0.2, 0.25) is 0 Å². The van der Waals surface area contributed by atoms with Crippen LogP contribution in [0.15, 0.2) is 0 Å². The lowest BCUT2D eigenvalue weighted by atomic mass is 9.77. The van der Waals surface area contributed by atoms with Crippen molar-refractivity contribution in [2.75, 3.05) is 24.6 Å². The standard InChI is InChI=1S/C10H19NO2S/c1-2-14-8-5-10(9(12)13)3-6-11-7-4-10/h11H,2-8H2,1H3,(H,12,13). The van der Waals surface area contributed by atoms with Crippen molar-refractivity contribution >= 4 is 17.7 Å². The third-order valence-corrected chi connectivity index (χ3v) is 3.84. The summed E-state index contributed by atoms with van der Waals surface area (Å²) in [4.78, 5) is 11.2. The van der Waals surface area contributed by atoms with Crippen molar-refractivity contribution in [1.29, 1.82) is 0 Å². The van der Waals surface area contributed by atoms with Crippen LogP contribution in [-0.4, -0.2) is 35.7 Å². The Labute approximate surface area is 89.6 Å². The SMILES string of the molecule is CCSCCC1(C(=O)O)CCNCC1. The quantitative estimate of drug-likeness (QED) is 0.687. The number of rotatable bonds is 5. The van der Waals surface area contributed by atoms with Crippen molar-refractivity contribution in [3.05, 3.63) is 0 Å². The summed E-state index contributed by atoms with van der Waals surface area (Å²) < 4.78 is 0. The van der Waals surface area contributed by atoms with Gasteiger partial charge in [-0.3, -0.25) is 4.79 Å². The average molecular weight is 217 g/mol. The molecular weight excluding hydrogens is 198 g/mol. The summed E-state index contributed by atoms with van der Waals surface area (Å²) in [5.41, 5.74) is -0.437. The molecule has 3 nitrogen and oxygen atoms in total. The smallest absolute Gasteiger partial charge is 0.309 e. The Kier molecular flexibility index (Phi) is 4.75. The third-order valence-electron chi connectivity index (χ3n) is 2.94. The molecule has 4 heteroatoms. The molecule has 0 atom stereocenters. The molecule has 1 fully saturated rings. The number of aliphatic carboxylic acids is 1. The molecule has 1 aliphatic heterocycles. The largest absolute Gasteiger partial charge is 0.481 e. The fourth-order valence-corrected chi connectivity index (χ4v) is 2.71. The van der Waals surface area contributed by atoms with Crippen LogP contribution in [0.1, 0.15) is 26.2 Å². The maximum absolute atomic E-state index is 11.2. The molecule has 0 aromatic heterocycles. The molecule has 1 rings (SSSR count). The number of thioether (sulfide) groups is 1. The molecule has 1 aliphatic rings. The minimum absolute atomic E-state index is 0.437. The highest BCUT2D eigenvalue weighted by Crippen LogP contribution is 2.34. The second-order valence-electron chi connectivity index (χ2n) is 3.78. The fraction of sp³-hybridized carbons (Fsp3) is 0.900. The highest BCUT2D eigenvalue weighted by Gasteiger charge is 2.38. The number of piperidine rings is 1. The highest BCUT2D eigenvalue weighted by atomic mass is 32.2. The third kappa shape index (κ3) is 2.89. The number of hydrogen-bond acceptors (Lipinski definition) is 3. The van der Waals surface area contributed by atoms with Gasteiger partial charge in [0.1, 0.15) is 0 Å². The van der Waals surface area contributed by atoms with Gasteiger partial charge in [-0.2, -0.15) is 11.8 Å². The second-order valence-corrected chi connectivity index (χ2v) is 5.18. The lowest BCUT2D eigenvalue weighted by Gasteiger charge is -2.33. The highest BCUT2D eigenvalue weighted by molar-refractivity contribution is 7.99. The van der Waals surface area contributed by atoms with Crippen molar-refractivity contribution in [3.8, 4) is 0 Å². The summed E-state index contributed by atoms with van der Waals surface area (Å²) in [5, 5.41) is 12.5. The van der Waals surface area contributed by atoms with Crippen molar-refractivity contribution in [3.63, 3.8) is 0 Å².